The zero-order valence-corrected chi connectivity index (χ0v) is 11.1. The highest BCUT2D eigenvalue weighted by molar-refractivity contribution is 14.1. The van der Waals surface area contributed by atoms with Gasteiger partial charge in [-0.1, -0.05) is 22.6 Å². The predicted octanol–water partition coefficient (Wildman–Crippen LogP) is 0.178. The van der Waals surface area contributed by atoms with Crippen molar-refractivity contribution in [2.75, 3.05) is 16.8 Å². The van der Waals surface area contributed by atoms with Crippen LogP contribution in [0.4, 0.5) is 5.82 Å². The Kier molecular flexibility index (Phi) is 4.07. The van der Waals surface area contributed by atoms with E-state index in [0.29, 0.717) is 17.0 Å². The summed E-state index contributed by atoms with van der Waals surface area (Å²) in [6, 6.07) is 0. The first-order valence-electron chi connectivity index (χ1n) is 4.96. The minimum absolute atomic E-state index is 0.00725. The Morgan fingerprint density at radius 1 is 1.47 bits per heavy atom. The van der Waals surface area contributed by atoms with Crippen LogP contribution in [0.5, 0.6) is 0 Å². The minimum Gasteiger partial charge on any atom is -0.394 e. The quantitative estimate of drug-likeness (QED) is 0.590. The third kappa shape index (κ3) is 2.64. The van der Waals surface area contributed by atoms with Gasteiger partial charge in [0.05, 0.1) is 19.0 Å². The number of ether oxygens (including phenoxy) is 1. The number of imidazole rings is 1. The summed E-state index contributed by atoms with van der Waals surface area (Å²) in [5.74, 6) is 0.348. The van der Waals surface area contributed by atoms with Gasteiger partial charge >= 0.3 is 0 Å². The molecule has 8 heteroatoms. The molecule has 17 heavy (non-hydrogen) atoms. The second-order valence-corrected chi connectivity index (χ2v) is 4.28. The number of aliphatic hydroxyl groups is 1. The Morgan fingerprint density at radius 3 is 3.00 bits per heavy atom. The number of aromatic nitrogens is 4. The van der Waals surface area contributed by atoms with E-state index in [0.717, 1.165) is 4.43 Å². The van der Waals surface area contributed by atoms with Gasteiger partial charge < -0.3 is 15.6 Å². The summed E-state index contributed by atoms with van der Waals surface area (Å²) in [7, 11) is 0. The van der Waals surface area contributed by atoms with Crippen LogP contribution in [-0.2, 0) is 11.5 Å². The second kappa shape index (κ2) is 5.56. The Labute approximate surface area is 111 Å². The number of aliphatic hydroxyl groups excluding tert-OH is 1. The normalized spacial score (nSPS) is 13.1. The molecule has 3 N–H and O–H groups in total. The maximum atomic E-state index is 9.01. The molecular formula is C9H12IN5O2. The third-order valence-electron chi connectivity index (χ3n) is 2.25. The van der Waals surface area contributed by atoms with Gasteiger partial charge in [-0.25, -0.2) is 15.0 Å². The summed E-state index contributed by atoms with van der Waals surface area (Å²) in [6.45, 7) is 0.272. The molecule has 0 aromatic carbocycles. The van der Waals surface area contributed by atoms with E-state index in [1.165, 1.54) is 6.33 Å². The Hall–Kier alpha value is -1.00. The maximum absolute atomic E-state index is 9.01. The molecule has 0 saturated carbocycles. The van der Waals surface area contributed by atoms with E-state index in [-0.39, 0.29) is 19.4 Å². The molecule has 0 aliphatic heterocycles. The van der Waals surface area contributed by atoms with Crippen molar-refractivity contribution < 1.29 is 9.84 Å². The van der Waals surface area contributed by atoms with Crippen LogP contribution < -0.4 is 5.73 Å². The largest absolute Gasteiger partial charge is 0.394 e. The first-order valence-corrected chi connectivity index (χ1v) is 6.48. The van der Waals surface area contributed by atoms with Crippen LogP contribution in [-0.4, -0.2) is 41.8 Å². The van der Waals surface area contributed by atoms with Gasteiger partial charge in [0.2, 0.25) is 0 Å². The van der Waals surface area contributed by atoms with Crippen LogP contribution in [0.1, 0.15) is 0 Å². The fourth-order valence-corrected chi connectivity index (χ4v) is 1.86. The Morgan fingerprint density at radius 2 is 2.29 bits per heavy atom. The number of rotatable bonds is 5. The van der Waals surface area contributed by atoms with Crippen LogP contribution in [0.2, 0.25) is 0 Å². The Balaban J connectivity index is 2.17. The van der Waals surface area contributed by atoms with Gasteiger partial charge in [-0.3, -0.25) is 4.57 Å². The molecule has 0 aliphatic rings. The molecule has 0 fully saturated rings. The van der Waals surface area contributed by atoms with Gasteiger partial charge in [0.15, 0.2) is 11.5 Å². The van der Waals surface area contributed by atoms with Crippen LogP contribution >= 0.6 is 22.6 Å². The van der Waals surface area contributed by atoms with Gasteiger partial charge in [0.1, 0.15) is 18.6 Å². The van der Waals surface area contributed by atoms with E-state index >= 15 is 0 Å². The fourth-order valence-electron chi connectivity index (χ4n) is 1.32. The smallest absolute Gasteiger partial charge is 0.167 e. The average Bonchev–Trinajstić information content (AvgIpc) is 2.75. The average molecular weight is 349 g/mol. The lowest BCUT2D eigenvalue weighted by molar-refractivity contribution is -0.00720. The van der Waals surface area contributed by atoms with Crippen molar-refractivity contribution in [3.05, 3.63) is 12.7 Å². The van der Waals surface area contributed by atoms with Crippen LogP contribution in [0, 0.1) is 0 Å². The van der Waals surface area contributed by atoms with Gasteiger partial charge in [0, 0.05) is 4.43 Å². The fraction of sp³-hybridized carbons (Fsp3) is 0.444. The van der Waals surface area contributed by atoms with Gasteiger partial charge in [-0.2, -0.15) is 0 Å². The van der Waals surface area contributed by atoms with Crippen LogP contribution in [0.25, 0.3) is 11.2 Å². The van der Waals surface area contributed by atoms with E-state index in [9.17, 15) is 0 Å². The van der Waals surface area contributed by atoms with E-state index in [1.54, 1.807) is 10.9 Å². The maximum Gasteiger partial charge on any atom is 0.167 e. The van der Waals surface area contributed by atoms with Crippen molar-refractivity contribution >= 4 is 39.6 Å². The van der Waals surface area contributed by atoms with Crippen LogP contribution in [0.3, 0.4) is 0 Å². The molecular weight excluding hydrogens is 337 g/mol. The molecule has 0 amide bonds. The summed E-state index contributed by atoms with van der Waals surface area (Å²) in [5.41, 5.74) is 6.86. The lowest BCUT2D eigenvalue weighted by Gasteiger charge is -2.12. The SMILES string of the molecule is Nc1ncnc2c1ncn2COC(CO)CI. The number of hydrogen-bond donors (Lipinski definition) is 2. The van der Waals surface area contributed by atoms with Gasteiger partial charge in [-0.15, -0.1) is 0 Å². The summed E-state index contributed by atoms with van der Waals surface area (Å²) >= 11 is 2.16. The predicted molar refractivity (Wildman–Crippen MR) is 70.6 cm³/mol. The number of nitrogens with zero attached hydrogens (tertiary/aromatic N) is 4. The summed E-state index contributed by atoms with van der Waals surface area (Å²) in [4.78, 5) is 12.1. The molecule has 1 unspecified atom stereocenters. The van der Waals surface area contributed by atoms with Crippen LogP contribution in [0.15, 0.2) is 12.7 Å². The third-order valence-corrected chi connectivity index (χ3v) is 3.24. The monoisotopic (exact) mass is 349 g/mol. The number of halogens is 1. The highest BCUT2D eigenvalue weighted by atomic mass is 127. The highest BCUT2D eigenvalue weighted by Gasteiger charge is 2.10. The van der Waals surface area contributed by atoms with Crippen molar-refractivity contribution in [2.24, 2.45) is 0 Å². The topological polar surface area (TPSA) is 99.1 Å². The molecule has 2 heterocycles. The van der Waals surface area contributed by atoms with Crippen molar-refractivity contribution in [1.82, 2.24) is 19.5 Å². The number of hydrogen-bond acceptors (Lipinski definition) is 6. The minimum atomic E-state index is -0.188. The van der Waals surface area contributed by atoms with Crippen molar-refractivity contribution in [1.29, 1.82) is 0 Å². The summed E-state index contributed by atoms with van der Waals surface area (Å²) < 4.78 is 7.94. The molecule has 0 spiro atoms. The van der Waals surface area contributed by atoms with Gasteiger partial charge in [-0.05, 0) is 0 Å². The lowest BCUT2D eigenvalue weighted by atomic mass is 10.4. The second-order valence-electron chi connectivity index (χ2n) is 3.40. The zero-order chi connectivity index (χ0) is 12.3. The molecule has 2 aromatic rings. The van der Waals surface area contributed by atoms with Crippen molar-refractivity contribution in [3.63, 3.8) is 0 Å². The molecule has 92 valence electrons. The molecule has 0 bridgehead atoms. The van der Waals surface area contributed by atoms with Crippen molar-refractivity contribution in [2.45, 2.75) is 12.8 Å². The highest BCUT2D eigenvalue weighted by Crippen LogP contribution is 2.14. The standard InChI is InChI=1S/C9H12IN5O2/c10-1-6(2-16)17-5-15-4-14-7-8(11)12-3-13-9(7)15/h3-4,6,16H,1-2,5H2,(H2,11,12,13). The van der Waals surface area contributed by atoms with E-state index < -0.39 is 0 Å². The number of nitrogen functional groups attached to an aromatic ring is 1. The zero-order valence-electron chi connectivity index (χ0n) is 8.95. The molecule has 0 saturated heterocycles. The molecule has 0 aliphatic carbocycles. The molecule has 7 nitrogen and oxygen atoms in total. The van der Waals surface area contributed by atoms with Gasteiger partial charge in [0.25, 0.3) is 0 Å². The molecule has 0 radical (unpaired) electrons. The first kappa shape index (κ1) is 12.5. The lowest BCUT2D eigenvalue weighted by Crippen LogP contribution is -2.20. The summed E-state index contributed by atoms with van der Waals surface area (Å²) in [6.07, 6.45) is 2.79. The molecule has 2 rings (SSSR count). The number of anilines is 1. The van der Waals surface area contributed by atoms with E-state index in [2.05, 4.69) is 37.5 Å². The number of alkyl halides is 1. The van der Waals surface area contributed by atoms with Crippen molar-refractivity contribution in [3.8, 4) is 0 Å². The number of fused-ring (bicyclic) bond motifs is 1. The molecule has 1 atom stereocenters. The summed E-state index contributed by atoms with van der Waals surface area (Å²) in [5, 5.41) is 9.01. The Bertz CT molecular complexity index is 499. The van der Waals surface area contributed by atoms with E-state index in [4.69, 9.17) is 15.6 Å². The number of nitrogens with two attached hydrogens (primary N) is 1. The molecule has 2 aromatic heterocycles. The van der Waals surface area contributed by atoms with E-state index in [1.807, 2.05) is 0 Å². The first-order chi connectivity index (χ1) is 8.26.